The first-order valence-corrected chi connectivity index (χ1v) is 13.4. The number of pyridine rings is 1. The SMILES string of the molecule is CC1=CC(C)=C(CNC(=O)c2cc(-c3cccc(CNC(=O)OC(C)(C)C)c3)nc3c2cnn3C(C)C)C(=O)C1. The molecule has 0 bridgehead atoms. The zero-order chi connectivity index (χ0) is 29.2. The van der Waals surface area contributed by atoms with Crippen molar-refractivity contribution in [1.82, 2.24) is 25.4 Å². The number of carbonyl (C=O) groups is 3. The molecule has 0 aliphatic heterocycles. The van der Waals surface area contributed by atoms with Gasteiger partial charge in [-0.15, -0.1) is 0 Å². The topological polar surface area (TPSA) is 115 Å². The standard InChI is InChI=1S/C31H37N5O4/c1-18(2)36-28-25(17-34-36)23(29(38)32-16-24-20(4)11-19(3)12-27(24)37)14-26(35-28)22-10-8-9-21(13-22)15-33-30(39)40-31(5,6)7/h8-11,13-14,17-18H,12,15-16H2,1-7H3,(H,32,38)(H,33,39). The number of alkyl carbamates (subject to hydrolysis) is 1. The first kappa shape index (κ1) is 28.7. The summed E-state index contributed by atoms with van der Waals surface area (Å²) in [4.78, 5) is 43.1. The number of nitrogens with one attached hydrogen (secondary N) is 2. The van der Waals surface area contributed by atoms with Crippen LogP contribution in [-0.4, -0.2) is 44.7 Å². The van der Waals surface area contributed by atoms with Gasteiger partial charge >= 0.3 is 6.09 Å². The van der Waals surface area contributed by atoms with Crippen molar-refractivity contribution < 1.29 is 19.1 Å². The number of benzene rings is 1. The maximum Gasteiger partial charge on any atom is 0.407 e. The Kier molecular flexibility index (Phi) is 8.23. The van der Waals surface area contributed by atoms with Crippen LogP contribution in [0.3, 0.4) is 0 Å². The van der Waals surface area contributed by atoms with Gasteiger partial charge in [-0.2, -0.15) is 5.10 Å². The molecular weight excluding hydrogens is 506 g/mol. The molecule has 1 aliphatic carbocycles. The van der Waals surface area contributed by atoms with Crippen molar-refractivity contribution in [2.24, 2.45) is 0 Å². The van der Waals surface area contributed by atoms with Crippen LogP contribution in [0.15, 0.2) is 59.3 Å². The summed E-state index contributed by atoms with van der Waals surface area (Å²) in [6, 6.07) is 9.39. The average Bonchev–Trinajstić information content (AvgIpc) is 3.30. The lowest BCUT2D eigenvalue weighted by molar-refractivity contribution is -0.115. The number of hydrogen-bond acceptors (Lipinski definition) is 6. The monoisotopic (exact) mass is 543 g/mol. The largest absolute Gasteiger partial charge is 0.444 e. The molecule has 2 amide bonds. The molecule has 0 saturated heterocycles. The molecule has 9 heteroatoms. The van der Waals surface area contributed by atoms with E-state index in [4.69, 9.17) is 9.72 Å². The van der Waals surface area contributed by atoms with E-state index in [-0.39, 0.29) is 30.8 Å². The first-order chi connectivity index (χ1) is 18.8. The number of allylic oxidation sites excluding steroid dienone is 3. The summed E-state index contributed by atoms with van der Waals surface area (Å²) < 4.78 is 7.12. The number of carbonyl (C=O) groups excluding carboxylic acids is 3. The Hall–Kier alpha value is -4.27. The van der Waals surface area contributed by atoms with Crippen LogP contribution in [0.5, 0.6) is 0 Å². The minimum absolute atomic E-state index is 0.0304. The van der Waals surface area contributed by atoms with Crippen molar-refractivity contribution in [3.8, 4) is 11.3 Å². The van der Waals surface area contributed by atoms with Crippen LogP contribution in [0.4, 0.5) is 4.79 Å². The number of nitrogens with zero attached hydrogens (tertiary/aromatic N) is 3. The number of hydrogen-bond donors (Lipinski definition) is 2. The highest BCUT2D eigenvalue weighted by molar-refractivity contribution is 6.07. The van der Waals surface area contributed by atoms with Crippen LogP contribution >= 0.6 is 0 Å². The molecule has 2 heterocycles. The Labute approximate surface area is 234 Å². The van der Waals surface area contributed by atoms with E-state index < -0.39 is 11.7 Å². The molecule has 0 radical (unpaired) electrons. The van der Waals surface area contributed by atoms with Gasteiger partial charge in [-0.25, -0.2) is 14.5 Å². The second kappa shape index (κ2) is 11.5. The van der Waals surface area contributed by atoms with E-state index in [1.54, 1.807) is 16.9 Å². The van der Waals surface area contributed by atoms with Gasteiger partial charge in [-0.05, 0) is 71.7 Å². The minimum atomic E-state index is -0.587. The number of ether oxygens (including phenoxy) is 1. The van der Waals surface area contributed by atoms with Crippen LogP contribution in [0.25, 0.3) is 22.3 Å². The highest BCUT2D eigenvalue weighted by atomic mass is 16.6. The zero-order valence-corrected chi connectivity index (χ0v) is 24.2. The van der Waals surface area contributed by atoms with Crippen molar-refractivity contribution in [3.63, 3.8) is 0 Å². The second-order valence-electron chi connectivity index (χ2n) is 11.5. The zero-order valence-electron chi connectivity index (χ0n) is 24.2. The normalized spacial score (nSPS) is 14.0. The Morgan fingerprint density at radius 1 is 1.10 bits per heavy atom. The van der Waals surface area contributed by atoms with Crippen LogP contribution < -0.4 is 10.6 Å². The fraction of sp³-hybridized carbons (Fsp3) is 0.387. The third-order valence-electron chi connectivity index (χ3n) is 6.50. The van der Waals surface area contributed by atoms with Crippen molar-refractivity contribution in [1.29, 1.82) is 0 Å². The van der Waals surface area contributed by atoms with Crippen LogP contribution in [0, 0.1) is 0 Å². The van der Waals surface area contributed by atoms with Crippen molar-refractivity contribution in [2.45, 2.75) is 73.1 Å². The van der Waals surface area contributed by atoms with Crippen molar-refractivity contribution >= 4 is 28.8 Å². The van der Waals surface area contributed by atoms with E-state index in [2.05, 4.69) is 15.7 Å². The second-order valence-corrected chi connectivity index (χ2v) is 11.5. The molecule has 0 saturated carbocycles. The fourth-order valence-corrected chi connectivity index (χ4v) is 4.65. The van der Waals surface area contributed by atoms with Crippen LogP contribution in [-0.2, 0) is 16.1 Å². The van der Waals surface area contributed by atoms with Crippen LogP contribution in [0.2, 0.25) is 0 Å². The van der Waals surface area contributed by atoms with Crippen molar-refractivity contribution in [3.05, 3.63) is 70.5 Å². The van der Waals surface area contributed by atoms with Gasteiger partial charge in [-0.3, -0.25) is 9.59 Å². The Morgan fingerprint density at radius 3 is 2.52 bits per heavy atom. The van der Waals surface area contributed by atoms with Gasteiger partial charge in [0.25, 0.3) is 5.91 Å². The van der Waals surface area contributed by atoms with Gasteiger partial charge in [-0.1, -0.05) is 29.8 Å². The summed E-state index contributed by atoms with van der Waals surface area (Å²) >= 11 is 0. The number of amides is 2. The first-order valence-electron chi connectivity index (χ1n) is 13.4. The molecule has 0 fully saturated rings. The highest BCUT2D eigenvalue weighted by Crippen LogP contribution is 2.27. The Bertz CT molecular complexity index is 1540. The fourth-order valence-electron chi connectivity index (χ4n) is 4.65. The van der Waals surface area contributed by atoms with Gasteiger partial charge in [0, 0.05) is 36.7 Å². The molecule has 1 aliphatic rings. The molecule has 2 aromatic heterocycles. The number of rotatable bonds is 7. The molecule has 0 spiro atoms. The van der Waals surface area contributed by atoms with Crippen molar-refractivity contribution in [2.75, 3.05) is 6.54 Å². The third kappa shape index (κ3) is 6.65. The number of fused-ring (bicyclic) bond motifs is 1. The number of aromatic nitrogens is 3. The van der Waals surface area contributed by atoms with Gasteiger partial charge < -0.3 is 15.4 Å². The maximum absolute atomic E-state index is 13.5. The van der Waals surface area contributed by atoms with E-state index in [1.165, 1.54) is 0 Å². The third-order valence-corrected chi connectivity index (χ3v) is 6.50. The van der Waals surface area contributed by atoms with E-state index in [0.717, 1.165) is 22.3 Å². The molecule has 4 rings (SSSR count). The molecule has 1 aromatic carbocycles. The number of ketones is 1. The predicted octanol–water partition coefficient (Wildman–Crippen LogP) is 5.67. The summed E-state index contributed by atoms with van der Waals surface area (Å²) in [6.07, 6.45) is 3.52. The highest BCUT2D eigenvalue weighted by Gasteiger charge is 2.22. The molecule has 2 N–H and O–H groups in total. The molecule has 40 heavy (non-hydrogen) atoms. The van der Waals surface area contributed by atoms with E-state index >= 15 is 0 Å². The van der Waals surface area contributed by atoms with E-state index in [0.29, 0.717) is 34.3 Å². The van der Waals surface area contributed by atoms with E-state index in [9.17, 15) is 14.4 Å². The van der Waals surface area contributed by atoms with Gasteiger partial charge in [0.1, 0.15) is 5.60 Å². The van der Waals surface area contributed by atoms with Gasteiger partial charge in [0.05, 0.1) is 22.8 Å². The molecule has 0 unspecified atom stereocenters. The molecular formula is C31H37N5O4. The maximum atomic E-state index is 13.5. The summed E-state index contributed by atoms with van der Waals surface area (Å²) in [7, 11) is 0. The lowest BCUT2D eigenvalue weighted by Crippen LogP contribution is -2.32. The average molecular weight is 544 g/mol. The quantitative estimate of drug-likeness (QED) is 0.397. The molecule has 210 valence electrons. The molecule has 0 atom stereocenters. The molecule has 9 nitrogen and oxygen atoms in total. The van der Waals surface area contributed by atoms with Crippen LogP contribution in [0.1, 0.15) is 76.9 Å². The Balaban J connectivity index is 1.65. The predicted molar refractivity (Wildman–Crippen MR) is 155 cm³/mol. The summed E-state index contributed by atoms with van der Waals surface area (Å²) in [5.41, 5.74) is 5.19. The van der Waals surface area contributed by atoms with E-state index in [1.807, 2.05) is 78.8 Å². The summed E-state index contributed by atoms with van der Waals surface area (Å²) in [5.74, 6) is -0.276. The summed E-state index contributed by atoms with van der Waals surface area (Å²) in [5, 5.41) is 10.8. The van der Waals surface area contributed by atoms with Gasteiger partial charge in [0.15, 0.2) is 11.4 Å². The number of Topliss-reactive ketones (excluding diaryl/α,β-unsaturated/α-hetero) is 1. The minimum Gasteiger partial charge on any atom is -0.444 e. The lowest BCUT2D eigenvalue weighted by atomic mass is 9.92. The smallest absolute Gasteiger partial charge is 0.407 e. The summed E-state index contributed by atoms with van der Waals surface area (Å²) in [6.45, 7) is 13.7. The lowest BCUT2D eigenvalue weighted by Gasteiger charge is -2.19. The van der Waals surface area contributed by atoms with Gasteiger partial charge in [0.2, 0.25) is 0 Å². The Morgan fingerprint density at radius 2 is 1.85 bits per heavy atom. The molecule has 3 aromatic rings.